The van der Waals surface area contributed by atoms with Crippen molar-refractivity contribution in [3.8, 4) is 0 Å². The number of nitrogens with two attached hydrogens (primary N) is 1. The number of fused-ring (bicyclic) bond motifs is 4. The predicted molar refractivity (Wildman–Crippen MR) is 115 cm³/mol. The Labute approximate surface area is 167 Å². The number of amides is 1. The summed E-state index contributed by atoms with van der Waals surface area (Å²) in [6.45, 7) is 2.54. The number of primary amides is 1. The number of carbonyl (C=O) groups excluding carboxylic acids is 1. The van der Waals surface area contributed by atoms with Crippen molar-refractivity contribution in [2.75, 3.05) is 0 Å². The molecule has 1 radical (unpaired) electrons. The van der Waals surface area contributed by atoms with E-state index >= 15 is 0 Å². The number of aromatic nitrogens is 1. The van der Waals surface area contributed by atoms with Gasteiger partial charge in [0.25, 0.3) is 0 Å². The zero-order valence-corrected chi connectivity index (χ0v) is 15.9. The van der Waals surface area contributed by atoms with Crippen LogP contribution in [0.25, 0.3) is 32.6 Å². The van der Waals surface area contributed by atoms with Crippen LogP contribution < -0.4 is 5.73 Å². The molecule has 0 saturated heterocycles. The van der Waals surface area contributed by atoms with Gasteiger partial charge in [0.05, 0.1) is 11.0 Å². The van der Waals surface area contributed by atoms with E-state index in [0.29, 0.717) is 28.4 Å². The predicted octanol–water partition coefficient (Wildman–Crippen LogP) is 5.34. The van der Waals surface area contributed by atoms with Gasteiger partial charge in [0, 0.05) is 22.9 Å². The molecule has 0 fully saturated rings. The van der Waals surface area contributed by atoms with E-state index in [9.17, 15) is 9.18 Å². The highest BCUT2D eigenvalue weighted by atomic mass is 19.1. The fourth-order valence-corrected chi connectivity index (χ4v) is 4.25. The smallest absolute Gasteiger partial charge is 0.249 e. The van der Waals surface area contributed by atoms with Crippen molar-refractivity contribution >= 4 is 38.5 Å². The molecule has 0 aliphatic rings. The fraction of sp³-hybridized carbons (Fsp3) is 0.0800. The summed E-state index contributed by atoms with van der Waals surface area (Å²) in [4.78, 5) is 12.0. The van der Waals surface area contributed by atoms with Crippen LogP contribution in [-0.4, -0.2) is 10.5 Å². The summed E-state index contributed by atoms with van der Waals surface area (Å²) in [5.74, 6) is -0.878. The second-order valence-corrected chi connectivity index (χ2v) is 7.28. The van der Waals surface area contributed by atoms with Gasteiger partial charge in [-0.2, -0.15) is 0 Å². The van der Waals surface area contributed by atoms with E-state index in [1.807, 2.05) is 22.8 Å². The third-order valence-electron chi connectivity index (χ3n) is 5.63. The molecular weight excluding hydrogens is 363 g/mol. The van der Waals surface area contributed by atoms with Crippen LogP contribution in [0.5, 0.6) is 0 Å². The largest absolute Gasteiger partial charge is 0.366 e. The highest BCUT2D eigenvalue weighted by Crippen LogP contribution is 2.34. The highest BCUT2D eigenvalue weighted by Gasteiger charge is 2.19. The summed E-state index contributed by atoms with van der Waals surface area (Å²) in [6, 6.07) is 23.8. The molecule has 0 aliphatic carbocycles. The summed E-state index contributed by atoms with van der Waals surface area (Å²) in [5, 5.41) is 3.49. The van der Waals surface area contributed by atoms with E-state index in [4.69, 9.17) is 5.73 Å². The van der Waals surface area contributed by atoms with Crippen LogP contribution in [0.3, 0.4) is 0 Å². The molecule has 0 saturated carbocycles. The van der Waals surface area contributed by atoms with Gasteiger partial charge in [0.15, 0.2) is 0 Å². The van der Waals surface area contributed by atoms with E-state index in [-0.39, 0.29) is 5.82 Å². The summed E-state index contributed by atoms with van der Waals surface area (Å²) < 4.78 is 16.9. The topological polar surface area (TPSA) is 48.0 Å². The lowest BCUT2D eigenvalue weighted by Gasteiger charge is -2.14. The van der Waals surface area contributed by atoms with Crippen LogP contribution in [0.4, 0.5) is 4.39 Å². The molecule has 0 atom stereocenters. The average Bonchev–Trinajstić information content (AvgIpc) is 3.05. The lowest BCUT2D eigenvalue weighted by molar-refractivity contribution is 0.100. The fourth-order valence-electron chi connectivity index (χ4n) is 4.25. The third kappa shape index (κ3) is 2.60. The average molecular weight is 381 g/mol. The minimum absolute atomic E-state index is 0.344. The number of hydrogen-bond acceptors (Lipinski definition) is 1. The van der Waals surface area contributed by atoms with Crippen molar-refractivity contribution in [3.63, 3.8) is 0 Å². The second kappa shape index (κ2) is 6.45. The third-order valence-corrected chi connectivity index (χ3v) is 5.63. The van der Waals surface area contributed by atoms with Crippen LogP contribution in [0.15, 0.2) is 66.7 Å². The number of hydrogen-bond donors (Lipinski definition) is 1. The molecule has 1 aromatic heterocycles. The molecule has 5 rings (SSSR count). The first-order valence-electron chi connectivity index (χ1n) is 9.44. The van der Waals surface area contributed by atoms with Gasteiger partial charge in [0.2, 0.25) is 5.91 Å². The zero-order chi connectivity index (χ0) is 20.1. The summed E-state index contributed by atoms with van der Waals surface area (Å²) in [6.07, 6.45) is 0. The molecule has 0 aliphatic heterocycles. The van der Waals surface area contributed by atoms with E-state index in [1.165, 1.54) is 6.07 Å². The van der Waals surface area contributed by atoms with Crippen LogP contribution in [0, 0.1) is 18.8 Å². The summed E-state index contributed by atoms with van der Waals surface area (Å²) in [7, 11) is 0. The Morgan fingerprint density at radius 2 is 1.90 bits per heavy atom. The van der Waals surface area contributed by atoms with E-state index in [1.54, 1.807) is 18.2 Å². The molecule has 29 heavy (non-hydrogen) atoms. The highest BCUT2D eigenvalue weighted by molar-refractivity contribution is 6.17. The quantitative estimate of drug-likeness (QED) is 0.450. The Balaban J connectivity index is 1.88. The minimum atomic E-state index is -0.534. The number of rotatable bonds is 3. The number of benzene rings is 4. The number of aryl methyl sites for hydroxylation is 1. The van der Waals surface area contributed by atoms with Gasteiger partial charge in [-0.25, -0.2) is 4.39 Å². The van der Waals surface area contributed by atoms with Crippen LogP contribution in [0.2, 0.25) is 0 Å². The molecule has 4 aromatic carbocycles. The van der Waals surface area contributed by atoms with Gasteiger partial charge in [-0.1, -0.05) is 48.5 Å². The van der Waals surface area contributed by atoms with E-state index < -0.39 is 5.91 Å². The standard InChI is InChI=1S/C25H18FN2O/c1-15-12-13-16-6-2-3-7-17(16)20(15)14-28-22-11-5-9-19(25(27)29)23(22)18-8-4-10-21(26)24(18)28/h2-7,9-13H,14H2,1H3,(H2,27,29). The first-order chi connectivity index (χ1) is 14.1. The van der Waals surface area contributed by atoms with Crippen molar-refractivity contribution in [3.05, 3.63) is 95.3 Å². The van der Waals surface area contributed by atoms with Crippen molar-refractivity contribution in [1.29, 1.82) is 0 Å². The number of nitrogens with zero attached hydrogens (tertiary/aromatic N) is 1. The van der Waals surface area contributed by atoms with E-state index in [0.717, 1.165) is 27.4 Å². The maximum atomic E-state index is 15.0. The van der Waals surface area contributed by atoms with Gasteiger partial charge in [0.1, 0.15) is 5.82 Å². The molecule has 2 N–H and O–H groups in total. The molecule has 1 amide bonds. The Morgan fingerprint density at radius 1 is 1.07 bits per heavy atom. The van der Waals surface area contributed by atoms with Crippen LogP contribution in [-0.2, 0) is 6.54 Å². The van der Waals surface area contributed by atoms with Crippen LogP contribution >= 0.6 is 0 Å². The van der Waals surface area contributed by atoms with Crippen molar-refractivity contribution in [1.82, 2.24) is 4.57 Å². The molecule has 4 heteroatoms. The van der Waals surface area contributed by atoms with Gasteiger partial charge >= 0.3 is 0 Å². The Bertz CT molecular complexity index is 1430. The minimum Gasteiger partial charge on any atom is -0.366 e. The number of halogens is 1. The first-order valence-corrected chi connectivity index (χ1v) is 9.44. The number of carbonyl (C=O) groups is 1. The monoisotopic (exact) mass is 381 g/mol. The molecule has 0 spiro atoms. The lowest BCUT2D eigenvalue weighted by Crippen LogP contribution is -2.11. The Kier molecular flexibility index (Phi) is 3.88. The second-order valence-electron chi connectivity index (χ2n) is 7.28. The molecule has 0 unspecified atom stereocenters. The van der Waals surface area contributed by atoms with Crippen molar-refractivity contribution < 1.29 is 9.18 Å². The molecule has 141 valence electrons. The lowest BCUT2D eigenvalue weighted by atomic mass is 9.99. The van der Waals surface area contributed by atoms with Crippen molar-refractivity contribution in [2.24, 2.45) is 5.73 Å². The first kappa shape index (κ1) is 17.4. The summed E-state index contributed by atoms with van der Waals surface area (Å²) >= 11 is 0. The van der Waals surface area contributed by atoms with Gasteiger partial charge < -0.3 is 10.3 Å². The van der Waals surface area contributed by atoms with Crippen molar-refractivity contribution in [2.45, 2.75) is 13.5 Å². The maximum absolute atomic E-state index is 15.0. The molecule has 0 bridgehead atoms. The Hall–Kier alpha value is -3.66. The van der Waals surface area contributed by atoms with Gasteiger partial charge in [-0.05, 0) is 53.1 Å². The van der Waals surface area contributed by atoms with E-state index in [2.05, 4.69) is 37.3 Å². The molecular formula is C25H18FN2O. The molecule has 5 aromatic rings. The normalized spacial score (nSPS) is 11.5. The maximum Gasteiger partial charge on any atom is 0.249 e. The SMILES string of the molecule is Cc1ccc2ccccc2c1Cn1c2cccc(C(N)=O)c2c2[c]ccc(F)c21. The van der Waals surface area contributed by atoms with Crippen LogP contribution in [0.1, 0.15) is 21.5 Å². The molecule has 1 heterocycles. The molecule has 3 nitrogen and oxygen atoms in total. The van der Waals surface area contributed by atoms with Gasteiger partial charge in [-0.3, -0.25) is 4.79 Å². The zero-order valence-electron chi connectivity index (χ0n) is 15.9. The Morgan fingerprint density at radius 3 is 2.72 bits per heavy atom. The summed E-state index contributed by atoms with van der Waals surface area (Å²) in [5.41, 5.74) is 9.44. The van der Waals surface area contributed by atoms with Gasteiger partial charge in [-0.15, -0.1) is 0 Å².